The first kappa shape index (κ1) is 14.5. The van der Waals surface area contributed by atoms with Gasteiger partial charge in [0.05, 0.1) is 10.6 Å². The smallest absolute Gasteiger partial charge is 0.136 e. The number of aliphatic hydroxyl groups is 1. The summed E-state index contributed by atoms with van der Waals surface area (Å²) >= 11 is 6.24. The fourth-order valence-electron chi connectivity index (χ4n) is 3.95. The highest BCUT2D eigenvalue weighted by molar-refractivity contribution is 6.33. The Morgan fingerprint density at radius 2 is 1.95 bits per heavy atom. The predicted molar refractivity (Wildman–Crippen MR) is 81.7 cm³/mol. The van der Waals surface area contributed by atoms with Gasteiger partial charge in [0.25, 0.3) is 0 Å². The zero-order chi connectivity index (χ0) is 15.4. The van der Waals surface area contributed by atoms with Crippen molar-refractivity contribution in [3.63, 3.8) is 0 Å². The van der Waals surface area contributed by atoms with E-state index in [1.54, 1.807) is 6.07 Å². The quantitative estimate of drug-likeness (QED) is 0.836. The van der Waals surface area contributed by atoms with Crippen LogP contribution >= 0.6 is 11.6 Å². The number of benzene rings is 1. The fraction of sp³-hybridized carbons (Fsp3) is 0.562. The van der Waals surface area contributed by atoms with Crippen molar-refractivity contribution in [2.45, 2.75) is 57.2 Å². The molecule has 0 radical (unpaired) electrons. The van der Waals surface area contributed by atoms with E-state index in [-0.39, 0.29) is 23.4 Å². The topological polar surface area (TPSA) is 67.5 Å². The summed E-state index contributed by atoms with van der Waals surface area (Å²) in [6.07, 6.45) is 3.53. The average Bonchev–Trinajstić information content (AvgIpc) is 2.67. The van der Waals surface area contributed by atoms with Crippen LogP contribution in [0.5, 0.6) is 5.75 Å². The number of hydrogen-bond acceptors (Lipinski definition) is 4. The molecule has 2 fully saturated rings. The summed E-state index contributed by atoms with van der Waals surface area (Å²) in [6.45, 7) is 3.77. The van der Waals surface area contributed by atoms with E-state index in [0.717, 1.165) is 36.9 Å². The van der Waals surface area contributed by atoms with E-state index in [1.165, 1.54) is 0 Å². The van der Waals surface area contributed by atoms with Crippen molar-refractivity contribution in [1.82, 2.24) is 0 Å². The number of anilines is 1. The summed E-state index contributed by atoms with van der Waals surface area (Å²) in [5.41, 5.74) is 1.23. The van der Waals surface area contributed by atoms with Gasteiger partial charge in [0.15, 0.2) is 0 Å². The highest BCUT2D eigenvalue weighted by Gasteiger charge is 2.45. The van der Waals surface area contributed by atoms with Crippen molar-refractivity contribution in [2.24, 2.45) is 0 Å². The van der Waals surface area contributed by atoms with Gasteiger partial charge in [-0.15, -0.1) is 0 Å². The molecule has 0 aromatic heterocycles. The molecule has 0 spiro atoms. The third-order valence-corrected chi connectivity index (χ3v) is 5.30. The highest BCUT2D eigenvalue weighted by Crippen LogP contribution is 2.46. The predicted octanol–water partition coefficient (Wildman–Crippen LogP) is 3.11. The van der Waals surface area contributed by atoms with Gasteiger partial charge in [0, 0.05) is 23.8 Å². The molecule has 2 bridgehead atoms. The molecule has 21 heavy (non-hydrogen) atoms. The molecule has 112 valence electrons. The van der Waals surface area contributed by atoms with E-state index in [2.05, 4.69) is 4.90 Å². The number of halogens is 1. The molecule has 5 heteroatoms. The van der Waals surface area contributed by atoms with Crippen LogP contribution in [-0.2, 0) is 0 Å². The minimum atomic E-state index is -0.616. The molecular formula is C16H19ClN2O2. The molecule has 2 heterocycles. The number of aromatic hydroxyl groups is 1. The molecule has 0 saturated carbocycles. The number of nitrogens with zero attached hydrogens (tertiary/aromatic N) is 2. The summed E-state index contributed by atoms with van der Waals surface area (Å²) in [7, 11) is 0. The largest absolute Gasteiger partial charge is 0.506 e. The van der Waals surface area contributed by atoms with Gasteiger partial charge < -0.3 is 15.1 Å². The minimum absolute atomic E-state index is 0.0696. The van der Waals surface area contributed by atoms with Crippen molar-refractivity contribution in [1.29, 1.82) is 5.26 Å². The lowest BCUT2D eigenvalue weighted by Gasteiger charge is -2.44. The molecular weight excluding hydrogens is 288 g/mol. The summed E-state index contributed by atoms with van der Waals surface area (Å²) in [5.74, 6) is -0.0696. The van der Waals surface area contributed by atoms with E-state index < -0.39 is 5.60 Å². The molecule has 2 aliphatic rings. The van der Waals surface area contributed by atoms with Gasteiger partial charge in [0.1, 0.15) is 17.4 Å². The number of piperidine rings is 1. The lowest BCUT2D eigenvalue weighted by molar-refractivity contribution is 0.0199. The van der Waals surface area contributed by atoms with Crippen molar-refractivity contribution in [3.8, 4) is 11.8 Å². The summed E-state index contributed by atoms with van der Waals surface area (Å²) in [6, 6.07) is 4.12. The molecule has 3 atom stereocenters. The highest BCUT2D eigenvalue weighted by atomic mass is 35.5. The Bertz CT molecular complexity index is 620. The Morgan fingerprint density at radius 1 is 1.38 bits per heavy atom. The number of fused-ring (bicyclic) bond motifs is 2. The Balaban J connectivity index is 2.05. The normalized spacial score (nSPS) is 31.3. The Hall–Kier alpha value is -1.44. The number of phenols is 1. The van der Waals surface area contributed by atoms with Crippen LogP contribution in [0.2, 0.25) is 5.02 Å². The lowest BCUT2D eigenvalue weighted by Crippen LogP contribution is -2.50. The first-order chi connectivity index (χ1) is 9.84. The van der Waals surface area contributed by atoms with Crippen LogP contribution in [0.4, 0.5) is 5.69 Å². The first-order valence-electron chi connectivity index (χ1n) is 7.27. The van der Waals surface area contributed by atoms with E-state index >= 15 is 0 Å². The molecule has 2 N–H and O–H groups in total. The number of hydrogen-bond donors (Lipinski definition) is 2. The zero-order valence-corrected chi connectivity index (χ0v) is 13.0. The third-order valence-electron chi connectivity index (χ3n) is 4.82. The van der Waals surface area contributed by atoms with Crippen LogP contribution in [0.15, 0.2) is 6.07 Å². The first-order valence-corrected chi connectivity index (χ1v) is 7.65. The van der Waals surface area contributed by atoms with Gasteiger partial charge in [-0.05, 0) is 45.1 Å². The van der Waals surface area contributed by atoms with Gasteiger partial charge in [0.2, 0.25) is 0 Å². The maximum atomic E-state index is 10.3. The van der Waals surface area contributed by atoms with E-state index in [1.807, 2.05) is 19.9 Å². The molecule has 0 aliphatic carbocycles. The average molecular weight is 307 g/mol. The van der Waals surface area contributed by atoms with E-state index in [0.29, 0.717) is 5.02 Å². The number of rotatable bonds is 1. The number of nitriles is 1. The number of phenolic OH excluding ortho intramolecular Hbond substituents is 1. The standard InChI is InChI=1S/C16H19ClN2O2/c1-9-13(5-14(20)12(8-18)15(9)17)19-10-3-4-11(19)7-16(2,21)6-10/h5,10-11,20-21H,3-4,6-7H2,1-2H3/t10-,11+,16?. The monoisotopic (exact) mass is 306 g/mol. The third kappa shape index (κ3) is 2.25. The maximum absolute atomic E-state index is 10.3. The zero-order valence-electron chi connectivity index (χ0n) is 12.2. The van der Waals surface area contributed by atoms with Gasteiger partial charge >= 0.3 is 0 Å². The fourth-order valence-corrected chi connectivity index (χ4v) is 4.19. The second-order valence-electron chi connectivity index (χ2n) is 6.54. The van der Waals surface area contributed by atoms with Crippen molar-refractivity contribution in [3.05, 3.63) is 22.2 Å². The van der Waals surface area contributed by atoms with Crippen molar-refractivity contribution in [2.75, 3.05) is 4.90 Å². The minimum Gasteiger partial charge on any atom is -0.506 e. The molecule has 2 aliphatic heterocycles. The lowest BCUT2D eigenvalue weighted by atomic mass is 9.87. The summed E-state index contributed by atoms with van der Waals surface area (Å²) < 4.78 is 0. The van der Waals surface area contributed by atoms with Crippen molar-refractivity contribution < 1.29 is 10.2 Å². The Morgan fingerprint density at radius 3 is 2.48 bits per heavy atom. The van der Waals surface area contributed by atoms with Crippen LogP contribution in [-0.4, -0.2) is 27.9 Å². The van der Waals surface area contributed by atoms with Gasteiger partial charge in [-0.1, -0.05) is 11.6 Å². The van der Waals surface area contributed by atoms with Crippen LogP contribution in [0.1, 0.15) is 43.7 Å². The van der Waals surface area contributed by atoms with Gasteiger partial charge in [-0.3, -0.25) is 0 Å². The molecule has 1 aromatic rings. The second kappa shape index (κ2) is 4.79. The molecule has 0 amide bonds. The maximum Gasteiger partial charge on any atom is 0.136 e. The molecule has 2 saturated heterocycles. The van der Waals surface area contributed by atoms with Gasteiger partial charge in [-0.25, -0.2) is 0 Å². The second-order valence-corrected chi connectivity index (χ2v) is 6.92. The van der Waals surface area contributed by atoms with Crippen LogP contribution < -0.4 is 4.90 Å². The van der Waals surface area contributed by atoms with Crippen LogP contribution in [0, 0.1) is 18.3 Å². The van der Waals surface area contributed by atoms with Crippen molar-refractivity contribution >= 4 is 17.3 Å². The molecule has 4 nitrogen and oxygen atoms in total. The summed E-state index contributed by atoms with van der Waals surface area (Å²) in [5, 5.41) is 29.8. The van der Waals surface area contributed by atoms with E-state index in [9.17, 15) is 10.2 Å². The molecule has 1 unspecified atom stereocenters. The Labute approximate surface area is 129 Å². The van der Waals surface area contributed by atoms with Gasteiger partial charge in [-0.2, -0.15) is 5.26 Å². The Kier molecular flexibility index (Phi) is 3.31. The van der Waals surface area contributed by atoms with E-state index in [4.69, 9.17) is 16.9 Å². The van der Waals surface area contributed by atoms with Crippen LogP contribution in [0.25, 0.3) is 0 Å². The SMILES string of the molecule is Cc1c(N2[C@@H]3CC[C@H]2CC(C)(O)C3)cc(O)c(C#N)c1Cl. The van der Waals surface area contributed by atoms with Crippen LogP contribution in [0.3, 0.4) is 0 Å². The molecule has 3 rings (SSSR count). The summed E-state index contributed by atoms with van der Waals surface area (Å²) in [4.78, 5) is 2.28. The molecule has 1 aromatic carbocycles.